The molecule has 0 fully saturated rings. The molecule has 0 saturated carbocycles. The van der Waals surface area contributed by atoms with Crippen LogP contribution < -0.4 is 15.9 Å². The van der Waals surface area contributed by atoms with Crippen LogP contribution in [0.15, 0.2) is 12.1 Å². The number of aromatic hydroxyl groups is 2. The molecule has 1 amide bonds. The van der Waals surface area contributed by atoms with Crippen LogP contribution in [0.4, 0.5) is 4.79 Å². The topological polar surface area (TPSA) is 136 Å². The van der Waals surface area contributed by atoms with Crippen molar-refractivity contribution in [2.45, 2.75) is 51.7 Å². The Morgan fingerprint density at radius 3 is 2.33 bits per heavy atom. The second kappa shape index (κ2) is 8.44. The Hall–Kier alpha value is -2.42. The maximum Gasteiger partial charge on any atom is 0.408 e. The van der Waals surface area contributed by atoms with E-state index < -0.39 is 35.5 Å². The van der Waals surface area contributed by atoms with Gasteiger partial charge in [0, 0.05) is 12.1 Å². The fraction of sp³-hybridized carbons (Fsp3) is 0.600. The maximum atomic E-state index is 12.2. The van der Waals surface area contributed by atoms with Crippen molar-refractivity contribution in [3.8, 4) is 11.8 Å². The van der Waals surface area contributed by atoms with E-state index in [2.05, 4.69) is 5.32 Å². The van der Waals surface area contributed by atoms with Crippen LogP contribution in [0.3, 0.4) is 0 Å². The highest BCUT2D eigenvalue weighted by Gasteiger charge is 2.27. The van der Waals surface area contributed by atoms with E-state index in [1.165, 1.54) is 0 Å². The van der Waals surface area contributed by atoms with E-state index in [-0.39, 0.29) is 6.42 Å². The van der Waals surface area contributed by atoms with E-state index in [1.807, 2.05) is 0 Å². The van der Waals surface area contributed by atoms with E-state index in [1.54, 1.807) is 20.8 Å². The van der Waals surface area contributed by atoms with Gasteiger partial charge in [0.05, 0.1) is 0 Å². The number of nitrogens with zero attached hydrogens (tertiary/aromatic N) is 1. The minimum atomic E-state index is -1.01. The van der Waals surface area contributed by atoms with Gasteiger partial charge in [-0.3, -0.25) is 0 Å². The summed E-state index contributed by atoms with van der Waals surface area (Å²) < 4.78 is 5.68. The average Bonchev–Trinajstić information content (AvgIpc) is 2.76. The number of hydrogen-bond acceptors (Lipinski definition) is 7. The van der Waals surface area contributed by atoms with Crippen molar-refractivity contribution in [1.82, 2.24) is 10.0 Å². The average molecular weight is 343 g/mol. The first-order valence-electron chi connectivity index (χ1n) is 7.65. The van der Waals surface area contributed by atoms with Gasteiger partial charge >= 0.3 is 12.1 Å². The predicted molar refractivity (Wildman–Crippen MR) is 85.4 cm³/mol. The zero-order valence-corrected chi connectivity index (χ0v) is 14.1. The first-order chi connectivity index (χ1) is 11.1. The van der Waals surface area contributed by atoms with Crippen LogP contribution in [-0.4, -0.2) is 45.2 Å². The van der Waals surface area contributed by atoms with Crippen LogP contribution in [0.1, 0.15) is 40.0 Å². The minimum absolute atomic E-state index is 0.276. The van der Waals surface area contributed by atoms with E-state index >= 15 is 0 Å². The molecule has 0 saturated heterocycles. The summed E-state index contributed by atoms with van der Waals surface area (Å²) in [5.41, 5.74) is 4.71. The number of hydrogen-bond donors (Lipinski definition) is 4. The molecule has 0 aliphatic rings. The molecule has 0 aromatic carbocycles. The van der Waals surface area contributed by atoms with Crippen molar-refractivity contribution >= 4 is 12.1 Å². The summed E-state index contributed by atoms with van der Waals surface area (Å²) >= 11 is 0. The van der Waals surface area contributed by atoms with Crippen LogP contribution in [0, 0.1) is 0 Å². The van der Waals surface area contributed by atoms with Crippen molar-refractivity contribution in [3.05, 3.63) is 12.1 Å². The van der Waals surface area contributed by atoms with Gasteiger partial charge in [-0.1, -0.05) is 0 Å². The van der Waals surface area contributed by atoms with Gasteiger partial charge in [0.15, 0.2) is 0 Å². The standard InChI is InChI=1S/C15H25N3O6/c1-15(2,3)23-14(22)17-10(6-4-5-9-16)13(21)24-18-11(19)7-8-12(18)20/h7-8,10,19-20H,4-6,9,16H2,1-3H3,(H,17,22)/t10-/m0/s1. The lowest BCUT2D eigenvalue weighted by Gasteiger charge is -2.23. The van der Waals surface area contributed by atoms with Crippen LogP contribution in [0.25, 0.3) is 0 Å². The van der Waals surface area contributed by atoms with Crippen LogP contribution in [0.5, 0.6) is 11.8 Å². The largest absolute Gasteiger partial charge is 0.492 e. The van der Waals surface area contributed by atoms with E-state index in [9.17, 15) is 19.8 Å². The number of nitrogens with one attached hydrogen (secondary N) is 1. The molecule has 0 bridgehead atoms. The molecule has 9 nitrogen and oxygen atoms in total. The number of aromatic nitrogens is 1. The van der Waals surface area contributed by atoms with Crippen molar-refractivity contribution in [1.29, 1.82) is 0 Å². The molecule has 1 aromatic rings. The van der Waals surface area contributed by atoms with Gasteiger partial charge in [-0.15, -0.1) is 4.73 Å². The Labute approximate surface area is 140 Å². The van der Waals surface area contributed by atoms with E-state index in [0.717, 1.165) is 12.1 Å². The summed E-state index contributed by atoms with van der Waals surface area (Å²) in [5.74, 6) is -1.74. The molecule has 0 radical (unpaired) electrons. The first kappa shape index (κ1) is 19.6. The Bertz CT molecular complexity index is 545. The lowest BCUT2D eigenvalue weighted by Crippen LogP contribution is -2.46. The van der Waals surface area contributed by atoms with Gasteiger partial charge in [-0.2, -0.15) is 0 Å². The molecule has 0 aliphatic carbocycles. The molecule has 1 rings (SSSR count). The number of amides is 1. The van der Waals surface area contributed by atoms with Crippen LogP contribution >= 0.6 is 0 Å². The molecule has 9 heteroatoms. The second-order valence-corrected chi connectivity index (χ2v) is 6.24. The molecule has 1 aromatic heterocycles. The Balaban J connectivity index is 2.76. The number of carbonyl (C=O) groups excluding carboxylic acids is 2. The molecule has 1 heterocycles. The molecule has 0 unspecified atom stereocenters. The fourth-order valence-electron chi connectivity index (χ4n) is 1.84. The number of ether oxygens (including phenoxy) is 1. The van der Waals surface area contributed by atoms with Crippen molar-refractivity contribution in [2.24, 2.45) is 5.73 Å². The van der Waals surface area contributed by atoms with Crippen molar-refractivity contribution in [2.75, 3.05) is 6.54 Å². The Morgan fingerprint density at radius 1 is 1.25 bits per heavy atom. The normalized spacial score (nSPS) is 12.5. The van der Waals surface area contributed by atoms with Crippen molar-refractivity contribution in [3.63, 3.8) is 0 Å². The third-order valence-electron chi connectivity index (χ3n) is 2.90. The summed E-state index contributed by atoms with van der Waals surface area (Å²) in [6.45, 7) is 5.55. The minimum Gasteiger partial charge on any atom is -0.492 e. The number of carbonyl (C=O) groups is 2. The summed E-state index contributed by atoms with van der Waals surface area (Å²) in [4.78, 5) is 29.0. The fourth-order valence-corrected chi connectivity index (χ4v) is 1.84. The molecule has 1 atom stereocenters. The number of rotatable bonds is 7. The first-order valence-corrected chi connectivity index (χ1v) is 7.65. The van der Waals surface area contributed by atoms with E-state index in [4.69, 9.17) is 15.3 Å². The molecule has 0 spiro atoms. The Kier molecular flexibility index (Phi) is 6.90. The third-order valence-corrected chi connectivity index (χ3v) is 2.90. The van der Waals surface area contributed by atoms with Gasteiger partial charge in [-0.05, 0) is 46.6 Å². The van der Waals surface area contributed by atoms with Gasteiger partial charge in [0.1, 0.15) is 11.6 Å². The van der Waals surface area contributed by atoms with Gasteiger partial charge in [0.25, 0.3) is 0 Å². The van der Waals surface area contributed by atoms with E-state index in [0.29, 0.717) is 24.1 Å². The summed E-state index contributed by atoms with van der Waals surface area (Å²) in [5, 5.41) is 21.4. The quantitative estimate of drug-likeness (QED) is 0.539. The van der Waals surface area contributed by atoms with Gasteiger partial charge < -0.3 is 30.8 Å². The monoisotopic (exact) mass is 343 g/mol. The number of nitrogens with two attached hydrogens (primary N) is 1. The lowest BCUT2D eigenvalue weighted by atomic mass is 10.1. The highest BCUT2D eigenvalue weighted by atomic mass is 16.7. The summed E-state index contributed by atoms with van der Waals surface area (Å²) in [6, 6.07) is 1.31. The third kappa shape index (κ3) is 6.37. The molecule has 0 aliphatic heterocycles. The number of alkyl carbamates (subject to hydrolysis) is 1. The molecular weight excluding hydrogens is 318 g/mol. The summed E-state index contributed by atoms with van der Waals surface area (Å²) in [6.07, 6.45) is 0.756. The SMILES string of the molecule is CC(C)(C)OC(=O)N[C@@H](CCCCN)C(=O)On1c(O)ccc1O. The highest BCUT2D eigenvalue weighted by molar-refractivity contribution is 5.81. The maximum absolute atomic E-state index is 12.2. The molecule has 5 N–H and O–H groups in total. The smallest absolute Gasteiger partial charge is 0.408 e. The van der Waals surface area contributed by atoms with Crippen LogP contribution in [0.2, 0.25) is 0 Å². The van der Waals surface area contributed by atoms with Gasteiger partial charge in [-0.25, -0.2) is 9.59 Å². The van der Waals surface area contributed by atoms with Crippen molar-refractivity contribution < 1.29 is 29.4 Å². The molecular formula is C15H25N3O6. The van der Waals surface area contributed by atoms with Gasteiger partial charge in [0.2, 0.25) is 11.8 Å². The second-order valence-electron chi connectivity index (χ2n) is 6.24. The molecule has 24 heavy (non-hydrogen) atoms. The lowest BCUT2D eigenvalue weighted by molar-refractivity contribution is -0.148. The Morgan fingerprint density at radius 2 is 1.83 bits per heavy atom. The number of unbranched alkanes of at least 4 members (excludes halogenated alkanes) is 1. The summed E-state index contributed by atoms with van der Waals surface area (Å²) in [7, 11) is 0. The highest BCUT2D eigenvalue weighted by Crippen LogP contribution is 2.19. The zero-order valence-electron chi connectivity index (χ0n) is 14.1. The predicted octanol–water partition coefficient (Wildman–Crippen LogP) is 0.877. The molecule has 136 valence electrons. The zero-order chi connectivity index (χ0) is 18.3. The van der Waals surface area contributed by atoms with Crippen LogP contribution in [-0.2, 0) is 9.53 Å².